The summed E-state index contributed by atoms with van der Waals surface area (Å²) in [7, 11) is 0. The highest BCUT2D eigenvalue weighted by Crippen LogP contribution is 2.44. The Bertz CT molecular complexity index is 927. The molecule has 4 nitrogen and oxygen atoms in total. The lowest BCUT2D eigenvalue weighted by atomic mass is 9.66. The van der Waals surface area contributed by atoms with E-state index >= 15 is 0 Å². The zero-order valence-electron chi connectivity index (χ0n) is 20.4. The summed E-state index contributed by atoms with van der Waals surface area (Å²) >= 11 is 0. The maximum Gasteiger partial charge on any atom is 0.119 e. The van der Waals surface area contributed by atoms with Gasteiger partial charge in [0.2, 0.25) is 0 Å². The third-order valence-corrected chi connectivity index (χ3v) is 7.86. The summed E-state index contributed by atoms with van der Waals surface area (Å²) in [6, 6.07) is 18.7. The Kier molecular flexibility index (Phi) is 8.06. The molecule has 2 aliphatic heterocycles. The van der Waals surface area contributed by atoms with E-state index in [9.17, 15) is 0 Å². The van der Waals surface area contributed by atoms with Gasteiger partial charge in [-0.25, -0.2) is 0 Å². The molecule has 33 heavy (non-hydrogen) atoms. The van der Waals surface area contributed by atoms with Crippen molar-refractivity contribution in [3.05, 3.63) is 65.2 Å². The lowest BCUT2D eigenvalue weighted by Crippen LogP contribution is -2.55. The van der Waals surface area contributed by atoms with Gasteiger partial charge in [0.1, 0.15) is 5.75 Å². The van der Waals surface area contributed by atoms with Crippen LogP contribution >= 0.6 is 0 Å². The standard InChI is InChI=1S/C29H39N3O/c1-3-23(2)21-29(28-8-5-4-7-25(28)13-16-31-29)26-14-18-32(19-15-26)17-6-20-33-27-11-9-24(22-30)10-12-27/h4-5,7-12,23,26,31H,3,6,13-21H2,1-2H3. The van der Waals surface area contributed by atoms with Crippen LogP contribution in [0.25, 0.3) is 0 Å². The van der Waals surface area contributed by atoms with Gasteiger partial charge in [-0.15, -0.1) is 0 Å². The van der Waals surface area contributed by atoms with Crippen LogP contribution in [0.5, 0.6) is 5.75 Å². The molecule has 1 fully saturated rings. The summed E-state index contributed by atoms with van der Waals surface area (Å²) in [5.74, 6) is 2.27. The zero-order valence-corrected chi connectivity index (χ0v) is 20.4. The fraction of sp³-hybridized carbons (Fsp3) is 0.552. The predicted molar refractivity (Wildman–Crippen MR) is 134 cm³/mol. The molecule has 0 bridgehead atoms. The lowest BCUT2D eigenvalue weighted by Gasteiger charge is -2.50. The van der Waals surface area contributed by atoms with E-state index in [2.05, 4.69) is 54.4 Å². The van der Waals surface area contributed by atoms with Gasteiger partial charge >= 0.3 is 0 Å². The van der Waals surface area contributed by atoms with Crippen molar-refractivity contribution in [1.29, 1.82) is 5.26 Å². The number of nitriles is 1. The number of fused-ring (bicyclic) bond motifs is 1. The molecule has 176 valence electrons. The Hall–Kier alpha value is -2.35. The second kappa shape index (κ2) is 11.2. The summed E-state index contributed by atoms with van der Waals surface area (Å²) in [6.45, 7) is 10.0. The summed E-state index contributed by atoms with van der Waals surface area (Å²) in [6.07, 6.45) is 7.18. The summed E-state index contributed by atoms with van der Waals surface area (Å²) in [5.41, 5.74) is 3.94. The summed E-state index contributed by atoms with van der Waals surface area (Å²) in [4.78, 5) is 2.62. The van der Waals surface area contributed by atoms with E-state index in [1.165, 1.54) is 38.8 Å². The second-order valence-corrected chi connectivity index (χ2v) is 9.98. The number of nitrogens with one attached hydrogen (secondary N) is 1. The molecule has 2 aromatic carbocycles. The number of likely N-dealkylation sites (tertiary alicyclic amines) is 1. The van der Waals surface area contributed by atoms with E-state index in [4.69, 9.17) is 10.00 Å². The first kappa shape index (κ1) is 23.8. The van der Waals surface area contributed by atoms with E-state index < -0.39 is 0 Å². The van der Waals surface area contributed by atoms with Crippen molar-refractivity contribution >= 4 is 0 Å². The van der Waals surface area contributed by atoms with Crippen molar-refractivity contribution in [3.8, 4) is 11.8 Å². The molecule has 4 heteroatoms. The molecule has 2 unspecified atom stereocenters. The number of ether oxygens (including phenoxy) is 1. The molecular formula is C29H39N3O. The number of benzene rings is 2. The first-order valence-electron chi connectivity index (χ1n) is 12.8. The minimum Gasteiger partial charge on any atom is -0.494 e. The first-order chi connectivity index (χ1) is 16.1. The van der Waals surface area contributed by atoms with Crippen LogP contribution in [0.3, 0.4) is 0 Å². The average molecular weight is 446 g/mol. The molecule has 4 rings (SSSR count). The molecule has 0 amide bonds. The largest absolute Gasteiger partial charge is 0.494 e. The Balaban J connectivity index is 1.32. The molecule has 2 aromatic rings. The van der Waals surface area contributed by atoms with E-state index in [-0.39, 0.29) is 5.54 Å². The van der Waals surface area contributed by atoms with Gasteiger partial charge in [-0.2, -0.15) is 5.26 Å². The van der Waals surface area contributed by atoms with Crippen LogP contribution < -0.4 is 10.1 Å². The van der Waals surface area contributed by atoms with Gasteiger partial charge in [0.15, 0.2) is 0 Å². The molecule has 0 radical (unpaired) electrons. The van der Waals surface area contributed by atoms with Crippen LogP contribution in [-0.4, -0.2) is 37.7 Å². The van der Waals surface area contributed by atoms with Gasteiger partial charge in [-0.1, -0.05) is 44.5 Å². The Labute approximate surface area is 199 Å². The SMILES string of the molecule is CCC(C)CC1(C2CCN(CCCOc3ccc(C#N)cc3)CC2)NCCc2ccccc21. The minimum atomic E-state index is 0.134. The van der Waals surface area contributed by atoms with Crippen molar-refractivity contribution < 1.29 is 4.74 Å². The van der Waals surface area contributed by atoms with Gasteiger partial charge in [-0.05, 0) is 92.4 Å². The monoisotopic (exact) mass is 445 g/mol. The molecule has 1 saturated heterocycles. The van der Waals surface area contributed by atoms with Crippen molar-refractivity contribution in [3.63, 3.8) is 0 Å². The number of rotatable bonds is 9. The molecule has 2 aliphatic rings. The minimum absolute atomic E-state index is 0.134. The molecule has 0 saturated carbocycles. The highest BCUT2D eigenvalue weighted by Gasteiger charge is 2.44. The van der Waals surface area contributed by atoms with Crippen molar-refractivity contribution in [2.24, 2.45) is 11.8 Å². The average Bonchev–Trinajstić information content (AvgIpc) is 2.87. The zero-order chi connectivity index (χ0) is 23.1. The highest BCUT2D eigenvalue weighted by molar-refractivity contribution is 5.37. The van der Waals surface area contributed by atoms with Gasteiger partial charge < -0.3 is 15.0 Å². The van der Waals surface area contributed by atoms with Crippen molar-refractivity contribution in [2.45, 2.75) is 57.9 Å². The Morgan fingerprint density at radius 1 is 1.15 bits per heavy atom. The molecule has 0 spiro atoms. The topological polar surface area (TPSA) is 48.3 Å². The fourth-order valence-electron chi connectivity index (χ4n) is 5.85. The summed E-state index contributed by atoms with van der Waals surface area (Å²) in [5, 5.41) is 13.0. The number of hydrogen-bond donors (Lipinski definition) is 1. The van der Waals surface area contributed by atoms with Crippen LogP contribution in [0, 0.1) is 23.2 Å². The molecule has 1 N–H and O–H groups in total. The van der Waals surface area contributed by atoms with E-state index in [0.717, 1.165) is 44.2 Å². The quantitative estimate of drug-likeness (QED) is 0.517. The lowest BCUT2D eigenvalue weighted by molar-refractivity contribution is 0.0787. The van der Waals surface area contributed by atoms with E-state index in [1.807, 2.05) is 24.3 Å². The van der Waals surface area contributed by atoms with E-state index in [1.54, 1.807) is 11.1 Å². The van der Waals surface area contributed by atoms with Crippen LogP contribution in [0.1, 0.15) is 62.6 Å². The highest BCUT2D eigenvalue weighted by atomic mass is 16.5. The Morgan fingerprint density at radius 3 is 2.64 bits per heavy atom. The molecule has 2 atom stereocenters. The third kappa shape index (κ3) is 5.60. The molecule has 2 heterocycles. The number of hydrogen-bond acceptors (Lipinski definition) is 4. The van der Waals surface area contributed by atoms with Crippen LogP contribution in [0.4, 0.5) is 0 Å². The predicted octanol–water partition coefficient (Wildman–Crippen LogP) is 5.52. The molecule has 0 aliphatic carbocycles. The Morgan fingerprint density at radius 2 is 1.91 bits per heavy atom. The maximum atomic E-state index is 8.91. The smallest absolute Gasteiger partial charge is 0.119 e. The second-order valence-electron chi connectivity index (χ2n) is 9.98. The normalized spacial score (nSPS) is 22.3. The third-order valence-electron chi connectivity index (χ3n) is 7.86. The van der Waals surface area contributed by atoms with Crippen LogP contribution in [0.2, 0.25) is 0 Å². The van der Waals surface area contributed by atoms with E-state index in [0.29, 0.717) is 11.5 Å². The van der Waals surface area contributed by atoms with Crippen LogP contribution in [0.15, 0.2) is 48.5 Å². The number of piperidine rings is 1. The number of nitrogens with zero attached hydrogens (tertiary/aromatic N) is 2. The van der Waals surface area contributed by atoms with Crippen molar-refractivity contribution in [2.75, 3.05) is 32.8 Å². The fourth-order valence-corrected chi connectivity index (χ4v) is 5.85. The van der Waals surface area contributed by atoms with Gasteiger partial charge in [-0.3, -0.25) is 0 Å². The first-order valence-corrected chi connectivity index (χ1v) is 12.8. The maximum absolute atomic E-state index is 8.91. The summed E-state index contributed by atoms with van der Waals surface area (Å²) < 4.78 is 5.88. The van der Waals surface area contributed by atoms with Crippen molar-refractivity contribution in [1.82, 2.24) is 10.2 Å². The molecular weight excluding hydrogens is 406 g/mol. The van der Waals surface area contributed by atoms with Crippen LogP contribution in [-0.2, 0) is 12.0 Å². The van der Waals surface area contributed by atoms with Gasteiger partial charge in [0.25, 0.3) is 0 Å². The van der Waals surface area contributed by atoms with Gasteiger partial charge in [0.05, 0.1) is 18.2 Å². The molecule has 0 aromatic heterocycles. The van der Waals surface area contributed by atoms with Gasteiger partial charge in [0, 0.05) is 18.6 Å².